The van der Waals surface area contributed by atoms with Gasteiger partial charge in [-0.2, -0.15) is 5.48 Å². The maximum Gasteiger partial charge on any atom is 0.131 e. The molecule has 15 heavy (non-hydrogen) atoms. The van der Waals surface area contributed by atoms with Crippen LogP contribution in [0.4, 0.5) is 8.78 Å². The minimum absolute atomic E-state index is 0.0638. The standard InChI is InChI=1S/C10H13F2NO2/c1-2-15-13-6-9(14)10-7(11)4-3-5-8(10)12/h3-5,9,13-14H,2,6H2,1H3. The van der Waals surface area contributed by atoms with Gasteiger partial charge >= 0.3 is 0 Å². The van der Waals surface area contributed by atoms with Crippen LogP contribution in [0.15, 0.2) is 18.2 Å². The summed E-state index contributed by atoms with van der Waals surface area (Å²) in [6.07, 6.45) is -1.27. The lowest BCUT2D eigenvalue weighted by Crippen LogP contribution is -2.23. The molecule has 1 aromatic rings. The van der Waals surface area contributed by atoms with Gasteiger partial charge in [0.1, 0.15) is 11.6 Å². The zero-order chi connectivity index (χ0) is 11.3. The maximum atomic E-state index is 13.1. The van der Waals surface area contributed by atoms with Crippen LogP contribution in [0.2, 0.25) is 0 Å². The zero-order valence-electron chi connectivity index (χ0n) is 8.34. The average Bonchev–Trinajstić information content (AvgIpc) is 2.18. The Morgan fingerprint density at radius 3 is 2.53 bits per heavy atom. The number of benzene rings is 1. The van der Waals surface area contributed by atoms with E-state index in [1.165, 1.54) is 6.07 Å². The van der Waals surface area contributed by atoms with Crippen molar-refractivity contribution >= 4 is 0 Å². The third-order valence-corrected chi connectivity index (χ3v) is 1.86. The van der Waals surface area contributed by atoms with Crippen molar-refractivity contribution in [3.63, 3.8) is 0 Å². The van der Waals surface area contributed by atoms with E-state index >= 15 is 0 Å². The first-order chi connectivity index (χ1) is 7.16. The second-order valence-electron chi connectivity index (χ2n) is 2.93. The fourth-order valence-corrected chi connectivity index (χ4v) is 1.17. The highest BCUT2D eigenvalue weighted by Gasteiger charge is 2.17. The Balaban J connectivity index is 2.68. The molecule has 5 heteroatoms. The van der Waals surface area contributed by atoms with Gasteiger partial charge in [0.2, 0.25) is 0 Å². The summed E-state index contributed by atoms with van der Waals surface area (Å²) in [5, 5.41) is 9.49. The van der Waals surface area contributed by atoms with Crippen LogP contribution in [0.25, 0.3) is 0 Å². The van der Waals surface area contributed by atoms with E-state index in [1.54, 1.807) is 6.92 Å². The summed E-state index contributed by atoms with van der Waals surface area (Å²) in [5.74, 6) is -1.53. The van der Waals surface area contributed by atoms with Crippen molar-refractivity contribution in [1.82, 2.24) is 5.48 Å². The van der Waals surface area contributed by atoms with Crippen molar-refractivity contribution in [3.8, 4) is 0 Å². The predicted octanol–water partition coefficient (Wildman–Crippen LogP) is 1.54. The molecule has 0 fully saturated rings. The molecule has 0 heterocycles. The highest BCUT2D eigenvalue weighted by Crippen LogP contribution is 2.19. The van der Waals surface area contributed by atoms with Crippen molar-refractivity contribution in [2.24, 2.45) is 0 Å². The minimum Gasteiger partial charge on any atom is -0.387 e. The van der Waals surface area contributed by atoms with Crippen LogP contribution in [-0.4, -0.2) is 18.3 Å². The van der Waals surface area contributed by atoms with Gasteiger partial charge < -0.3 is 9.94 Å². The molecule has 3 nitrogen and oxygen atoms in total. The summed E-state index contributed by atoms with van der Waals surface area (Å²) >= 11 is 0. The summed E-state index contributed by atoms with van der Waals surface area (Å²) in [6.45, 7) is 2.10. The molecule has 0 aliphatic rings. The molecular formula is C10H13F2NO2. The molecule has 0 aliphatic heterocycles. The summed E-state index contributed by atoms with van der Waals surface area (Å²) in [6, 6.07) is 3.45. The number of aliphatic hydroxyl groups is 1. The number of nitrogens with one attached hydrogen (secondary N) is 1. The van der Waals surface area contributed by atoms with Crippen molar-refractivity contribution in [2.45, 2.75) is 13.0 Å². The maximum absolute atomic E-state index is 13.1. The highest BCUT2D eigenvalue weighted by atomic mass is 19.1. The van der Waals surface area contributed by atoms with Crippen LogP contribution in [0.5, 0.6) is 0 Å². The van der Waals surface area contributed by atoms with Gasteiger partial charge in [0.05, 0.1) is 24.8 Å². The fourth-order valence-electron chi connectivity index (χ4n) is 1.17. The lowest BCUT2D eigenvalue weighted by atomic mass is 10.1. The molecule has 1 rings (SSSR count). The van der Waals surface area contributed by atoms with Crippen LogP contribution in [0.1, 0.15) is 18.6 Å². The van der Waals surface area contributed by atoms with E-state index in [-0.39, 0.29) is 12.1 Å². The number of hydrogen-bond acceptors (Lipinski definition) is 3. The van der Waals surface area contributed by atoms with Crippen molar-refractivity contribution in [3.05, 3.63) is 35.4 Å². The number of hydrogen-bond donors (Lipinski definition) is 2. The number of hydroxylamine groups is 1. The third kappa shape index (κ3) is 3.23. The Morgan fingerprint density at radius 2 is 2.00 bits per heavy atom. The van der Waals surface area contributed by atoms with Crippen molar-refractivity contribution < 1.29 is 18.7 Å². The van der Waals surface area contributed by atoms with E-state index in [9.17, 15) is 13.9 Å². The third-order valence-electron chi connectivity index (χ3n) is 1.86. The van der Waals surface area contributed by atoms with Crippen LogP contribution < -0.4 is 5.48 Å². The number of rotatable bonds is 5. The molecule has 0 bridgehead atoms. The first-order valence-corrected chi connectivity index (χ1v) is 4.63. The van der Waals surface area contributed by atoms with Gasteiger partial charge in [-0.05, 0) is 19.1 Å². The first kappa shape index (κ1) is 12.0. The quantitative estimate of drug-likeness (QED) is 0.580. The molecular weight excluding hydrogens is 204 g/mol. The molecule has 1 aromatic carbocycles. The molecule has 0 radical (unpaired) electrons. The first-order valence-electron chi connectivity index (χ1n) is 4.63. The number of aliphatic hydroxyl groups excluding tert-OH is 1. The molecule has 0 aromatic heterocycles. The highest BCUT2D eigenvalue weighted by molar-refractivity contribution is 5.22. The smallest absolute Gasteiger partial charge is 0.131 e. The summed E-state index contributed by atoms with van der Waals surface area (Å²) < 4.78 is 26.3. The Kier molecular flexibility index (Phi) is 4.61. The molecule has 1 unspecified atom stereocenters. The molecule has 0 aliphatic carbocycles. The van der Waals surface area contributed by atoms with Crippen molar-refractivity contribution in [1.29, 1.82) is 0 Å². The van der Waals surface area contributed by atoms with Crippen LogP contribution in [-0.2, 0) is 4.84 Å². The SMILES string of the molecule is CCONCC(O)c1c(F)cccc1F. The summed E-state index contributed by atoms with van der Waals surface area (Å²) in [5.41, 5.74) is 2.06. The van der Waals surface area contributed by atoms with Gasteiger partial charge in [-0.1, -0.05) is 6.07 Å². The van der Waals surface area contributed by atoms with E-state index in [4.69, 9.17) is 4.84 Å². The van der Waals surface area contributed by atoms with Crippen LogP contribution in [0.3, 0.4) is 0 Å². The molecule has 84 valence electrons. The monoisotopic (exact) mass is 217 g/mol. The fraction of sp³-hybridized carbons (Fsp3) is 0.400. The second kappa shape index (κ2) is 5.75. The Hall–Kier alpha value is -1.04. The Bertz CT molecular complexity index is 300. The topological polar surface area (TPSA) is 41.5 Å². The van der Waals surface area contributed by atoms with E-state index in [1.807, 2.05) is 0 Å². The van der Waals surface area contributed by atoms with Gasteiger partial charge in [-0.3, -0.25) is 0 Å². The van der Waals surface area contributed by atoms with E-state index in [0.29, 0.717) is 6.61 Å². The lowest BCUT2D eigenvalue weighted by molar-refractivity contribution is 0.0193. The van der Waals surface area contributed by atoms with Gasteiger partial charge in [-0.15, -0.1) is 0 Å². The largest absolute Gasteiger partial charge is 0.387 e. The van der Waals surface area contributed by atoms with E-state index in [0.717, 1.165) is 12.1 Å². The summed E-state index contributed by atoms with van der Waals surface area (Å²) in [7, 11) is 0. The van der Waals surface area contributed by atoms with E-state index in [2.05, 4.69) is 5.48 Å². The number of halogens is 2. The average molecular weight is 217 g/mol. The lowest BCUT2D eigenvalue weighted by Gasteiger charge is -2.13. The Morgan fingerprint density at radius 1 is 1.40 bits per heavy atom. The van der Waals surface area contributed by atoms with Gasteiger partial charge in [0.25, 0.3) is 0 Å². The van der Waals surface area contributed by atoms with Crippen molar-refractivity contribution in [2.75, 3.05) is 13.2 Å². The van der Waals surface area contributed by atoms with Crippen LogP contribution >= 0.6 is 0 Å². The predicted molar refractivity (Wildman–Crippen MR) is 50.9 cm³/mol. The van der Waals surface area contributed by atoms with E-state index < -0.39 is 17.7 Å². The minimum atomic E-state index is -1.27. The van der Waals surface area contributed by atoms with Gasteiger partial charge in [-0.25, -0.2) is 8.78 Å². The second-order valence-corrected chi connectivity index (χ2v) is 2.93. The molecule has 2 N–H and O–H groups in total. The molecule has 0 spiro atoms. The van der Waals surface area contributed by atoms with Gasteiger partial charge in [0.15, 0.2) is 0 Å². The van der Waals surface area contributed by atoms with Gasteiger partial charge in [0, 0.05) is 0 Å². The molecule has 1 atom stereocenters. The normalized spacial score (nSPS) is 12.8. The molecule has 0 saturated carbocycles. The molecule has 0 saturated heterocycles. The summed E-state index contributed by atoms with van der Waals surface area (Å²) in [4.78, 5) is 4.75. The van der Waals surface area contributed by atoms with Crippen LogP contribution in [0, 0.1) is 11.6 Å². The zero-order valence-corrected chi connectivity index (χ0v) is 8.34. The molecule has 0 amide bonds. The Labute approximate surface area is 86.6 Å².